The Morgan fingerprint density at radius 1 is 1.19 bits per heavy atom. The van der Waals surface area contributed by atoms with E-state index in [1.807, 2.05) is 30.5 Å². The third kappa shape index (κ3) is 3.26. The number of aromatic hydroxyl groups is 1. The summed E-state index contributed by atoms with van der Waals surface area (Å²) in [6, 6.07) is 7.07. The van der Waals surface area contributed by atoms with Crippen molar-refractivity contribution in [3.05, 3.63) is 29.3 Å². The second-order valence-electron chi connectivity index (χ2n) is 7.58. The van der Waals surface area contributed by atoms with E-state index in [0.29, 0.717) is 23.2 Å². The van der Waals surface area contributed by atoms with Gasteiger partial charge >= 0.3 is 0 Å². The second kappa shape index (κ2) is 6.73. The fourth-order valence-corrected chi connectivity index (χ4v) is 4.84. The van der Waals surface area contributed by atoms with E-state index in [1.165, 1.54) is 37.1 Å². The van der Waals surface area contributed by atoms with Crippen molar-refractivity contribution in [1.82, 2.24) is 20.1 Å². The monoisotopic (exact) mass is 381 g/mol. The maximum absolute atomic E-state index is 10.6. The first-order chi connectivity index (χ1) is 13.2. The summed E-state index contributed by atoms with van der Waals surface area (Å²) >= 11 is 1.53. The summed E-state index contributed by atoms with van der Waals surface area (Å²) in [5.74, 6) is 0.838. The summed E-state index contributed by atoms with van der Waals surface area (Å²) in [4.78, 5) is 7.21. The van der Waals surface area contributed by atoms with Gasteiger partial charge in [-0.25, -0.2) is 4.98 Å². The van der Waals surface area contributed by atoms with Gasteiger partial charge in [-0.2, -0.15) is 0 Å². The van der Waals surface area contributed by atoms with Gasteiger partial charge in [0.05, 0.1) is 10.4 Å². The fourth-order valence-electron chi connectivity index (χ4n) is 4.00. The van der Waals surface area contributed by atoms with E-state index in [4.69, 9.17) is 0 Å². The van der Waals surface area contributed by atoms with Gasteiger partial charge < -0.3 is 10.4 Å². The quantitative estimate of drug-likeness (QED) is 0.716. The van der Waals surface area contributed by atoms with Crippen LogP contribution in [-0.4, -0.2) is 50.4 Å². The third-order valence-electron chi connectivity index (χ3n) is 5.56. The van der Waals surface area contributed by atoms with Crippen LogP contribution in [-0.2, 0) is 0 Å². The molecule has 1 saturated heterocycles. The molecule has 3 aromatic rings. The first kappa shape index (κ1) is 16.9. The Hall–Kier alpha value is -2.25. The minimum absolute atomic E-state index is 0.259. The highest BCUT2D eigenvalue weighted by molar-refractivity contribution is 7.17. The van der Waals surface area contributed by atoms with E-state index in [-0.39, 0.29) is 5.75 Å². The Kier molecular flexibility index (Phi) is 4.21. The lowest BCUT2D eigenvalue weighted by atomic mass is 10.1. The standard InChI is InChI=1S/C20H23N5OS/c1-12-17(16-7-4-13-8-10-27-19(13)18(16)26)23-24-20(21-12)22-14-3-2-9-25(11-14)15-5-6-15/h4,7-8,10,14-15,26H,2-3,5-6,9,11H2,1H3,(H,21,22,24)/t14-/m1/s1. The third-order valence-corrected chi connectivity index (χ3v) is 6.50. The van der Waals surface area contributed by atoms with Gasteiger partial charge in [-0.3, -0.25) is 4.90 Å². The number of hydrogen-bond donors (Lipinski definition) is 2. The summed E-state index contributed by atoms with van der Waals surface area (Å²) in [6.07, 6.45) is 5.05. The molecule has 140 valence electrons. The molecular formula is C20H23N5OS. The van der Waals surface area contributed by atoms with Gasteiger partial charge in [0.15, 0.2) is 0 Å². The van der Waals surface area contributed by atoms with Crippen molar-refractivity contribution in [3.63, 3.8) is 0 Å². The number of phenolic OH excluding ortho intramolecular Hbond substituents is 1. The van der Waals surface area contributed by atoms with E-state index in [2.05, 4.69) is 25.4 Å². The van der Waals surface area contributed by atoms with Crippen molar-refractivity contribution in [2.24, 2.45) is 0 Å². The molecule has 2 aliphatic rings. The maximum atomic E-state index is 10.6. The van der Waals surface area contributed by atoms with Crippen LogP contribution >= 0.6 is 11.3 Å². The molecule has 1 aliphatic heterocycles. The van der Waals surface area contributed by atoms with Gasteiger partial charge in [-0.15, -0.1) is 21.5 Å². The Balaban J connectivity index is 1.37. The number of aromatic nitrogens is 3. The molecule has 2 N–H and O–H groups in total. The van der Waals surface area contributed by atoms with Crippen LogP contribution in [0.2, 0.25) is 0 Å². The van der Waals surface area contributed by atoms with E-state index < -0.39 is 0 Å². The van der Waals surface area contributed by atoms with Gasteiger partial charge in [0.25, 0.3) is 0 Å². The number of phenols is 1. The molecular weight excluding hydrogens is 358 g/mol. The number of hydrogen-bond acceptors (Lipinski definition) is 7. The summed E-state index contributed by atoms with van der Waals surface area (Å²) < 4.78 is 0.873. The topological polar surface area (TPSA) is 74.2 Å². The number of piperidine rings is 1. The molecule has 0 amide bonds. The number of thiophene rings is 1. The number of fused-ring (bicyclic) bond motifs is 1. The predicted octanol–water partition coefficient (Wildman–Crippen LogP) is 3.81. The fraction of sp³-hybridized carbons (Fsp3) is 0.450. The molecule has 1 atom stereocenters. The lowest BCUT2D eigenvalue weighted by Gasteiger charge is -2.33. The van der Waals surface area contributed by atoms with Gasteiger partial charge in [0.2, 0.25) is 5.95 Å². The number of anilines is 1. The highest BCUT2D eigenvalue weighted by Gasteiger charge is 2.32. The van der Waals surface area contributed by atoms with Crippen molar-refractivity contribution in [2.75, 3.05) is 18.4 Å². The number of nitrogens with zero attached hydrogens (tertiary/aromatic N) is 4. The van der Waals surface area contributed by atoms with Crippen molar-refractivity contribution < 1.29 is 5.11 Å². The molecule has 0 radical (unpaired) electrons. The average Bonchev–Trinajstić information content (AvgIpc) is 3.41. The molecule has 7 heteroatoms. The second-order valence-corrected chi connectivity index (χ2v) is 8.50. The van der Waals surface area contributed by atoms with E-state index >= 15 is 0 Å². The lowest BCUT2D eigenvalue weighted by molar-refractivity contribution is 0.207. The molecule has 2 fully saturated rings. The van der Waals surface area contributed by atoms with Crippen LogP contribution in [0.3, 0.4) is 0 Å². The first-order valence-corrected chi connectivity index (χ1v) is 10.5. The SMILES string of the molecule is Cc1nc(N[C@@H]2CCCN(C3CC3)C2)nnc1-c1ccc2ccsc2c1O. The molecule has 1 saturated carbocycles. The number of likely N-dealkylation sites (tertiary alicyclic amines) is 1. The Bertz CT molecular complexity index is 984. The number of benzene rings is 1. The predicted molar refractivity (Wildman–Crippen MR) is 108 cm³/mol. The highest BCUT2D eigenvalue weighted by Crippen LogP contribution is 2.38. The minimum Gasteiger partial charge on any atom is -0.506 e. The molecule has 1 aromatic carbocycles. The summed E-state index contributed by atoms with van der Waals surface area (Å²) in [6.45, 7) is 4.19. The van der Waals surface area contributed by atoms with Crippen LogP contribution in [0.1, 0.15) is 31.4 Å². The van der Waals surface area contributed by atoms with Crippen LogP contribution in [0.4, 0.5) is 5.95 Å². The number of rotatable bonds is 4. The van der Waals surface area contributed by atoms with Crippen molar-refractivity contribution in [3.8, 4) is 17.0 Å². The van der Waals surface area contributed by atoms with Crippen LogP contribution in [0, 0.1) is 6.92 Å². The molecule has 1 aliphatic carbocycles. The molecule has 3 heterocycles. The van der Waals surface area contributed by atoms with E-state index in [1.54, 1.807) is 0 Å². The molecule has 0 unspecified atom stereocenters. The van der Waals surface area contributed by atoms with Crippen LogP contribution in [0.25, 0.3) is 21.3 Å². The Morgan fingerprint density at radius 3 is 2.89 bits per heavy atom. The van der Waals surface area contributed by atoms with Crippen molar-refractivity contribution in [1.29, 1.82) is 0 Å². The van der Waals surface area contributed by atoms with E-state index in [9.17, 15) is 5.11 Å². The maximum Gasteiger partial charge on any atom is 0.243 e. The minimum atomic E-state index is 0.259. The van der Waals surface area contributed by atoms with Gasteiger partial charge in [-0.1, -0.05) is 6.07 Å². The number of aryl methyl sites for hydroxylation is 1. The average molecular weight is 382 g/mol. The van der Waals surface area contributed by atoms with Crippen LogP contribution < -0.4 is 5.32 Å². The zero-order valence-electron chi connectivity index (χ0n) is 15.4. The molecule has 6 nitrogen and oxygen atoms in total. The zero-order valence-corrected chi connectivity index (χ0v) is 16.2. The molecule has 2 aromatic heterocycles. The highest BCUT2D eigenvalue weighted by atomic mass is 32.1. The molecule has 5 rings (SSSR count). The number of nitrogens with one attached hydrogen (secondary N) is 1. The normalized spacial score (nSPS) is 20.9. The summed E-state index contributed by atoms with van der Waals surface area (Å²) in [5.41, 5.74) is 2.09. The Labute approximate surface area is 162 Å². The van der Waals surface area contributed by atoms with Crippen LogP contribution in [0.5, 0.6) is 5.75 Å². The van der Waals surface area contributed by atoms with Gasteiger partial charge in [0, 0.05) is 24.2 Å². The Morgan fingerprint density at radius 2 is 2.07 bits per heavy atom. The molecule has 0 bridgehead atoms. The van der Waals surface area contributed by atoms with Crippen LogP contribution in [0.15, 0.2) is 23.6 Å². The van der Waals surface area contributed by atoms with Crippen molar-refractivity contribution >= 4 is 27.4 Å². The van der Waals surface area contributed by atoms with Gasteiger partial charge in [0.1, 0.15) is 11.4 Å². The largest absolute Gasteiger partial charge is 0.506 e. The van der Waals surface area contributed by atoms with Gasteiger partial charge in [-0.05, 0) is 62.1 Å². The summed E-state index contributed by atoms with van der Waals surface area (Å²) in [5, 5.41) is 25.8. The first-order valence-electron chi connectivity index (χ1n) is 9.60. The lowest BCUT2D eigenvalue weighted by Crippen LogP contribution is -2.43. The molecule has 27 heavy (non-hydrogen) atoms. The van der Waals surface area contributed by atoms with Crippen molar-refractivity contribution in [2.45, 2.75) is 44.7 Å². The molecule has 0 spiro atoms. The van der Waals surface area contributed by atoms with E-state index in [0.717, 1.165) is 34.8 Å². The summed E-state index contributed by atoms with van der Waals surface area (Å²) in [7, 11) is 0. The smallest absolute Gasteiger partial charge is 0.243 e. The zero-order chi connectivity index (χ0) is 18.4.